The molecule has 1 aromatic carbocycles. The highest BCUT2D eigenvalue weighted by Crippen LogP contribution is 2.36. The molecule has 0 bridgehead atoms. The number of ketones is 1. The minimum Gasteiger partial charge on any atom is -0.381 e. The molecule has 0 aliphatic carbocycles. The number of hydrogen-bond acceptors (Lipinski definition) is 3. The number of carbonyl (C=O) groups is 2. The van der Waals surface area contributed by atoms with Gasteiger partial charge >= 0.3 is 0 Å². The molecule has 2 N–H and O–H groups in total. The highest BCUT2D eigenvalue weighted by molar-refractivity contribution is 5.99. The first-order valence-corrected chi connectivity index (χ1v) is 8.63. The van der Waals surface area contributed by atoms with Crippen LogP contribution in [0.3, 0.4) is 0 Å². The predicted molar refractivity (Wildman–Crippen MR) is 96.0 cm³/mol. The molecule has 5 heteroatoms. The van der Waals surface area contributed by atoms with Gasteiger partial charge < -0.3 is 15.0 Å². The molecular formula is C20H24N2O3. The Morgan fingerprint density at radius 2 is 1.96 bits per heavy atom. The number of H-pyrrole nitrogens is 1. The molecule has 0 radical (unpaired) electrons. The second-order valence-corrected chi connectivity index (χ2v) is 6.75. The molecule has 1 aromatic heterocycles. The second-order valence-electron chi connectivity index (χ2n) is 6.75. The third-order valence-electron chi connectivity index (χ3n) is 5.09. The van der Waals surface area contributed by atoms with Gasteiger partial charge in [-0.25, -0.2) is 0 Å². The van der Waals surface area contributed by atoms with E-state index in [1.165, 1.54) is 18.1 Å². The van der Waals surface area contributed by atoms with Gasteiger partial charge in [-0.05, 0) is 43.9 Å². The van der Waals surface area contributed by atoms with E-state index < -0.39 is 0 Å². The van der Waals surface area contributed by atoms with Gasteiger partial charge in [0.1, 0.15) is 5.69 Å². The summed E-state index contributed by atoms with van der Waals surface area (Å²) in [6.07, 6.45) is 3.33. The van der Waals surface area contributed by atoms with Crippen molar-refractivity contribution < 1.29 is 14.3 Å². The molecule has 1 saturated heterocycles. The van der Waals surface area contributed by atoms with Gasteiger partial charge in [0.05, 0.1) is 0 Å². The maximum absolute atomic E-state index is 12.5. The molecule has 0 atom stereocenters. The van der Waals surface area contributed by atoms with Crippen LogP contribution in [-0.2, 0) is 10.2 Å². The van der Waals surface area contributed by atoms with Crippen molar-refractivity contribution in [2.24, 2.45) is 0 Å². The van der Waals surface area contributed by atoms with E-state index in [0.717, 1.165) is 12.8 Å². The average Bonchev–Trinajstić information content (AvgIpc) is 3.11. The van der Waals surface area contributed by atoms with Crippen molar-refractivity contribution >= 4 is 11.7 Å². The summed E-state index contributed by atoms with van der Waals surface area (Å²) >= 11 is 0. The van der Waals surface area contributed by atoms with Crippen LogP contribution in [0, 0.1) is 6.92 Å². The van der Waals surface area contributed by atoms with Crippen LogP contribution in [0.25, 0.3) is 0 Å². The van der Waals surface area contributed by atoms with Gasteiger partial charge in [-0.2, -0.15) is 0 Å². The summed E-state index contributed by atoms with van der Waals surface area (Å²) in [7, 11) is 0. The lowest BCUT2D eigenvalue weighted by molar-refractivity contribution is 0.0485. The van der Waals surface area contributed by atoms with Gasteiger partial charge in [0.2, 0.25) is 0 Å². The molecule has 132 valence electrons. The van der Waals surface area contributed by atoms with Gasteiger partial charge in [0.15, 0.2) is 5.78 Å². The molecule has 3 rings (SSSR count). The quantitative estimate of drug-likeness (QED) is 0.822. The van der Waals surface area contributed by atoms with E-state index in [2.05, 4.69) is 29.4 Å². The van der Waals surface area contributed by atoms with Gasteiger partial charge in [-0.3, -0.25) is 9.59 Å². The first-order valence-electron chi connectivity index (χ1n) is 8.63. The Bertz CT molecular complexity index is 773. The zero-order valence-electron chi connectivity index (χ0n) is 14.7. The summed E-state index contributed by atoms with van der Waals surface area (Å²) in [5.74, 6) is -0.247. The first kappa shape index (κ1) is 17.4. The van der Waals surface area contributed by atoms with Crippen LogP contribution in [0.5, 0.6) is 0 Å². The molecule has 1 fully saturated rings. The topological polar surface area (TPSA) is 71.2 Å². The highest BCUT2D eigenvalue weighted by atomic mass is 16.5. The van der Waals surface area contributed by atoms with E-state index in [1.54, 1.807) is 12.3 Å². The highest BCUT2D eigenvalue weighted by Gasteiger charge is 2.36. The van der Waals surface area contributed by atoms with Crippen molar-refractivity contribution in [2.45, 2.75) is 32.1 Å². The fraction of sp³-hybridized carbons (Fsp3) is 0.400. The molecule has 2 heterocycles. The zero-order valence-corrected chi connectivity index (χ0v) is 14.7. The van der Waals surface area contributed by atoms with Crippen LogP contribution >= 0.6 is 0 Å². The van der Waals surface area contributed by atoms with E-state index in [0.29, 0.717) is 31.0 Å². The van der Waals surface area contributed by atoms with Crippen LogP contribution < -0.4 is 5.32 Å². The smallest absolute Gasteiger partial charge is 0.267 e. The van der Waals surface area contributed by atoms with Crippen molar-refractivity contribution in [3.05, 3.63) is 58.9 Å². The lowest BCUT2D eigenvalue weighted by atomic mass is 9.72. The molecule has 1 aliphatic rings. The molecule has 1 amide bonds. The maximum Gasteiger partial charge on any atom is 0.267 e. The number of ether oxygens (including phenoxy) is 1. The molecule has 25 heavy (non-hydrogen) atoms. The number of Topliss-reactive ketones (excluding diaryl/α,β-unsaturated/α-hetero) is 1. The fourth-order valence-electron chi connectivity index (χ4n) is 3.54. The fourth-order valence-corrected chi connectivity index (χ4v) is 3.54. The van der Waals surface area contributed by atoms with Crippen LogP contribution in [-0.4, -0.2) is 36.4 Å². The monoisotopic (exact) mass is 340 g/mol. The van der Waals surface area contributed by atoms with E-state index in [-0.39, 0.29) is 17.1 Å². The summed E-state index contributed by atoms with van der Waals surface area (Å²) in [5, 5.41) is 3.05. The molecule has 0 unspecified atom stereocenters. The number of rotatable bonds is 5. The Morgan fingerprint density at radius 1 is 1.24 bits per heavy atom. The van der Waals surface area contributed by atoms with Crippen molar-refractivity contribution in [1.82, 2.24) is 10.3 Å². The van der Waals surface area contributed by atoms with Crippen molar-refractivity contribution in [2.75, 3.05) is 19.8 Å². The minimum absolute atomic E-state index is 0.0592. The molecule has 1 aliphatic heterocycles. The normalized spacial score (nSPS) is 16.4. The lowest BCUT2D eigenvalue weighted by Crippen LogP contribution is -2.45. The number of aromatic nitrogens is 1. The van der Waals surface area contributed by atoms with Gasteiger partial charge in [0, 0.05) is 36.9 Å². The number of hydrogen-bond donors (Lipinski definition) is 2. The SMILES string of the molecule is CC(=O)c1c[nH]c(C(=O)NCC2(c3ccccc3C)CCOCC2)c1. The Balaban J connectivity index is 1.78. The third kappa shape index (κ3) is 3.66. The number of aryl methyl sites for hydroxylation is 1. The van der Waals surface area contributed by atoms with E-state index in [4.69, 9.17) is 4.74 Å². The molecule has 0 saturated carbocycles. The molecular weight excluding hydrogens is 316 g/mol. The Morgan fingerprint density at radius 3 is 2.60 bits per heavy atom. The largest absolute Gasteiger partial charge is 0.381 e. The number of aromatic amines is 1. The van der Waals surface area contributed by atoms with Crippen molar-refractivity contribution in [3.8, 4) is 0 Å². The average molecular weight is 340 g/mol. The first-order chi connectivity index (χ1) is 12.0. The summed E-state index contributed by atoms with van der Waals surface area (Å²) in [6.45, 7) is 5.54. The lowest BCUT2D eigenvalue weighted by Gasteiger charge is -2.39. The van der Waals surface area contributed by atoms with Crippen LogP contribution in [0.2, 0.25) is 0 Å². The van der Waals surface area contributed by atoms with Crippen molar-refractivity contribution in [1.29, 1.82) is 0 Å². The molecule has 2 aromatic rings. The number of benzene rings is 1. The number of carbonyl (C=O) groups excluding carboxylic acids is 2. The summed E-state index contributed by atoms with van der Waals surface area (Å²) in [6, 6.07) is 9.94. The van der Waals surface area contributed by atoms with E-state index >= 15 is 0 Å². The maximum atomic E-state index is 12.5. The van der Waals surface area contributed by atoms with E-state index in [1.807, 2.05) is 12.1 Å². The van der Waals surface area contributed by atoms with Gasteiger partial charge in [0.25, 0.3) is 5.91 Å². The minimum atomic E-state index is -0.188. The summed E-state index contributed by atoms with van der Waals surface area (Å²) in [4.78, 5) is 26.8. The van der Waals surface area contributed by atoms with Crippen LogP contribution in [0.4, 0.5) is 0 Å². The Hall–Kier alpha value is -2.40. The number of amides is 1. The van der Waals surface area contributed by atoms with Gasteiger partial charge in [-0.1, -0.05) is 24.3 Å². The van der Waals surface area contributed by atoms with Crippen molar-refractivity contribution in [3.63, 3.8) is 0 Å². The zero-order chi connectivity index (χ0) is 17.9. The molecule has 5 nitrogen and oxygen atoms in total. The van der Waals surface area contributed by atoms with Gasteiger partial charge in [-0.15, -0.1) is 0 Å². The van der Waals surface area contributed by atoms with E-state index in [9.17, 15) is 9.59 Å². The Kier molecular flexibility index (Phi) is 5.04. The standard InChI is InChI=1S/C20H24N2O3/c1-14-5-3-4-6-17(14)20(7-9-25-10-8-20)13-22-19(24)18-11-16(12-21-18)15(2)23/h3-6,11-12,21H,7-10,13H2,1-2H3,(H,22,24). The second kappa shape index (κ2) is 7.23. The summed E-state index contributed by atoms with van der Waals surface area (Å²) in [5.41, 5.74) is 3.32. The number of nitrogens with one attached hydrogen (secondary N) is 2. The molecule has 0 spiro atoms. The predicted octanol–water partition coefficient (Wildman–Crippen LogP) is 3.00. The third-order valence-corrected chi connectivity index (χ3v) is 5.09. The Labute approximate surface area is 147 Å². The van der Waals surface area contributed by atoms with Crippen LogP contribution in [0.1, 0.15) is 51.7 Å². The van der Waals surface area contributed by atoms with Crippen LogP contribution in [0.15, 0.2) is 36.5 Å². The summed E-state index contributed by atoms with van der Waals surface area (Å²) < 4.78 is 5.55.